The number of nitrogens with zero attached hydrogens (tertiary/aromatic N) is 1. The van der Waals surface area contributed by atoms with E-state index in [4.69, 9.17) is 10.5 Å². The summed E-state index contributed by atoms with van der Waals surface area (Å²) < 4.78 is 5.25. The topological polar surface area (TPSA) is 130 Å². The average Bonchev–Trinajstić information content (AvgIpc) is 2.99. The number of carboxylic acids is 1. The number of aliphatic hydroxyl groups is 1. The standard InChI is InChI=1S/C18H28N2O6/c1-10(11(2)21)17(23)20-8-12-4-3-5-13(9-26-14(22)6-7-19)15(12)16(20)18(24)25/h10-13,21H,3-9,19H2,1-2H3,(H,24,25)/t10?,11?,12?,13-/m1/s1. The highest BCUT2D eigenvalue weighted by Crippen LogP contribution is 2.43. The molecule has 0 saturated heterocycles. The molecule has 0 aromatic rings. The number of aliphatic hydroxyl groups excluding tert-OH is 1. The molecule has 1 saturated carbocycles. The molecular weight excluding hydrogens is 340 g/mol. The van der Waals surface area contributed by atoms with E-state index in [1.807, 2.05) is 0 Å². The van der Waals surface area contributed by atoms with Gasteiger partial charge in [0, 0.05) is 24.9 Å². The summed E-state index contributed by atoms with van der Waals surface area (Å²) in [4.78, 5) is 37.5. The number of ether oxygens (including phenoxy) is 1. The molecule has 1 heterocycles. The van der Waals surface area contributed by atoms with Gasteiger partial charge in [0.25, 0.3) is 0 Å². The Bertz CT molecular complexity index is 600. The first-order valence-electron chi connectivity index (χ1n) is 9.10. The summed E-state index contributed by atoms with van der Waals surface area (Å²) in [5.74, 6) is -2.89. The van der Waals surface area contributed by atoms with E-state index in [0.29, 0.717) is 18.5 Å². The van der Waals surface area contributed by atoms with Crippen LogP contribution in [0.15, 0.2) is 11.3 Å². The van der Waals surface area contributed by atoms with Crippen molar-refractivity contribution in [3.05, 3.63) is 11.3 Å². The van der Waals surface area contributed by atoms with Crippen LogP contribution < -0.4 is 5.73 Å². The SMILES string of the molecule is CC(O)C(C)C(=O)N1CC2CCC[C@H](COC(=O)CCN)C2=C1C(=O)O. The van der Waals surface area contributed by atoms with Crippen LogP contribution in [0.25, 0.3) is 0 Å². The smallest absolute Gasteiger partial charge is 0.352 e. The number of rotatable bonds is 7. The molecule has 26 heavy (non-hydrogen) atoms. The Morgan fingerprint density at radius 2 is 2.00 bits per heavy atom. The van der Waals surface area contributed by atoms with Crippen molar-refractivity contribution in [2.75, 3.05) is 19.7 Å². The lowest BCUT2D eigenvalue weighted by Gasteiger charge is -2.28. The van der Waals surface area contributed by atoms with Gasteiger partial charge in [-0.15, -0.1) is 0 Å². The molecule has 2 aliphatic rings. The first-order valence-corrected chi connectivity index (χ1v) is 9.10. The maximum absolute atomic E-state index is 12.7. The summed E-state index contributed by atoms with van der Waals surface area (Å²) in [6, 6.07) is 0. The molecule has 4 N–H and O–H groups in total. The van der Waals surface area contributed by atoms with E-state index in [1.54, 1.807) is 6.92 Å². The van der Waals surface area contributed by atoms with Crippen LogP contribution in [0.2, 0.25) is 0 Å². The Morgan fingerprint density at radius 1 is 1.31 bits per heavy atom. The number of aliphatic carboxylic acids is 1. The third kappa shape index (κ3) is 4.24. The van der Waals surface area contributed by atoms with Gasteiger partial charge in [-0.1, -0.05) is 13.3 Å². The maximum Gasteiger partial charge on any atom is 0.352 e. The summed E-state index contributed by atoms with van der Waals surface area (Å²) in [5, 5.41) is 19.4. The Labute approximate surface area is 153 Å². The maximum atomic E-state index is 12.7. The summed E-state index contributed by atoms with van der Waals surface area (Å²) in [6.45, 7) is 3.72. The number of carbonyl (C=O) groups is 3. The van der Waals surface area contributed by atoms with Crippen molar-refractivity contribution < 1.29 is 29.3 Å². The minimum atomic E-state index is -1.16. The number of fused-ring (bicyclic) bond motifs is 1. The molecule has 1 amide bonds. The highest BCUT2D eigenvalue weighted by atomic mass is 16.5. The third-order valence-corrected chi connectivity index (χ3v) is 5.31. The molecule has 1 aliphatic heterocycles. The first kappa shape index (κ1) is 20.4. The van der Waals surface area contributed by atoms with Crippen molar-refractivity contribution in [2.24, 2.45) is 23.5 Å². The van der Waals surface area contributed by atoms with Crippen LogP contribution in [0.3, 0.4) is 0 Å². The molecule has 1 aliphatic carbocycles. The second-order valence-electron chi connectivity index (χ2n) is 7.13. The van der Waals surface area contributed by atoms with E-state index in [0.717, 1.165) is 12.8 Å². The Kier molecular flexibility index (Phi) is 6.77. The highest BCUT2D eigenvalue weighted by molar-refractivity contribution is 5.95. The van der Waals surface area contributed by atoms with Crippen molar-refractivity contribution >= 4 is 17.8 Å². The number of hydrogen-bond acceptors (Lipinski definition) is 6. The molecule has 0 aromatic heterocycles. The van der Waals surface area contributed by atoms with Crippen molar-refractivity contribution in [2.45, 2.75) is 45.6 Å². The van der Waals surface area contributed by atoms with E-state index in [1.165, 1.54) is 11.8 Å². The van der Waals surface area contributed by atoms with Crippen LogP contribution in [-0.4, -0.2) is 58.8 Å². The lowest BCUT2D eigenvalue weighted by molar-refractivity contribution is -0.144. The quantitative estimate of drug-likeness (QED) is 0.558. The monoisotopic (exact) mass is 368 g/mol. The molecule has 0 radical (unpaired) electrons. The van der Waals surface area contributed by atoms with E-state index in [9.17, 15) is 24.6 Å². The molecule has 2 rings (SSSR count). The Hall–Kier alpha value is -1.93. The van der Waals surface area contributed by atoms with Crippen LogP contribution in [0.1, 0.15) is 39.5 Å². The first-order chi connectivity index (χ1) is 12.3. The predicted octanol–water partition coefficient (Wildman–Crippen LogP) is 0.493. The van der Waals surface area contributed by atoms with Crippen LogP contribution in [0.5, 0.6) is 0 Å². The van der Waals surface area contributed by atoms with Crippen molar-refractivity contribution in [1.82, 2.24) is 4.90 Å². The summed E-state index contributed by atoms with van der Waals surface area (Å²) in [5.41, 5.74) is 6.02. The number of carboxylic acid groups (broad SMARTS) is 1. The summed E-state index contributed by atoms with van der Waals surface area (Å²) in [6.07, 6.45) is 1.66. The lowest BCUT2D eigenvalue weighted by Crippen LogP contribution is -2.39. The number of esters is 1. The van der Waals surface area contributed by atoms with Gasteiger partial charge in [0.2, 0.25) is 5.91 Å². The molecule has 3 unspecified atom stereocenters. The van der Waals surface area contributed by atoms with Gasteiger partial charge < -0.3 is 25.6 Å². The van der Waals surface area contributed by atoms with Gasteiger partial charge >= 0.3 is 11.9 Å². The molecular formula is C18H28N2O6. The van der Waals surface area contributed by atoms with E-state index in [-0.39, 0.29) is 37.1 Å². The lowest BCUT2D eigenvalue weighted by atomic mass is 9.78. The van der Waals surface area contributed by atoms with Crippen molar-refractivity contribution in [3.63, 3.8) is 0 Å². The molecule has 0 spiro atoms. The molecule has 8 nitrogen and oxygen atoms in total. The zero-order valence-corrected chi connectivity index (χ0v) is 15.3. The molecule has 8 heteroatoms. The third-order valence-electron chi connectivity index (χ3n) is 5.31. The van der Waals surface area contributed by atoms with Gasteiger partial charge in [-0.2, -0.15) is 0 Å². The van der Waals surface area contributed by atoms with Crippen LogP contribution in [0.4, 0.5) is 0 Å². The van der Waals surface area contributed by atoms with E-state index < -0.39 is 29.9 Å². The number of hydrogen-bond donors (Lipinski definition) is 3. The number of carbonyl (C=O) groups excluding carboxylic acids is 2. The Morgan fingerprint density at radius 3 is 2.58 bits per heavy atom. The normalized spacial score (nSPS) is 24.8. The van der Waals surface area contributed by atoms with Crippen LogP contribution in [-0.2, 0) is 19.1 Å². The van der Waals surface area contributed by atoms with Gasteiger partial charge in [0.05, 0.1) is 25.0 Å². The second kappa shape index (κ2) is 8.64. The fourth-order valence-electron chi connectivity index (χ4n) is 3.75. The average molecular weight is 368 g/mol. The minimum absolute atomic E-state index is 0.00734. The van der Waals surface area contributed by atoms with Gasteiger partial charge in [0.1, 0.15) is 5.70 Å². The van der Waals surface area contributed by atoms with Crippen LogP contribution >= 0.6 is 0 Å². The van der Waals surface area contributed by atoms with Gasteiger partial charge in [-0.3, -0.25) is 9.59 Å². The van der Waals surface area contributed by atoms with E-state index in [2.05, 4.69) is 0 Å². The minimum Gasteiger partial charge on any atom is -0.477 e. The fourth-order valence-corrected chi connectivity index (χ4v) is 3.75. The number of nitrogens with two attached hydrogens (primary N) is 1. The molecule has 4 atom stereocenters. The molecule has 0 aromatic carbocycles. The van der Waals surface area contributed by atoms with Gasteiger partial charge in [-0.25, -0.2) is 4.79 Å². The van der Waals surface area contributed by atoms with Gasteiger partial charge in [0.15, 0.2) is 0 Å². The van der Waals surface area contributed by atoms with Crippen molar-refractivity contribution in [1.29, 1.82) is 0 Å². The number of amides is 1. The summed E-state index contributed by atoms with van der Waals surface area (Å²) in [7, 11) is 0. The van der Waals surface area contributed by atoms with Crippen LogP contribution in [0, 0.1) is 17.8 Å². The van der Waals surface area contributed by atoms with Gasteiger partial charge in [-0.05, 0) is 25.3 Å². The summed E-state index contributed by atoms with van der Waals surface area (Å²) >= 11 is 0. The second-order valence-corrected chi connectivity index (χ2v) is 7.13. The van der Waals surface area contributed by atoms with E-state index >= 15 is 0 Å². The zero-order valence-electron chi connectivity index (χ0n) is 15.3. The van der Waals surface area contributed by atoms with Crippen molar-refractivity contribution in [3.8, 4) is 0 Å². The zero-order chi connectivity index (χ0) is 19.4. The molecule has 146 valence electrons. The molecule has 0 bridgehead atoms. The molecule has 1 fully saturated rings. The fraction of sp³-hybridized carbons (Fsp3) is 0.722. The highest BCUT2D eigenvalue weighted by Gasteiger charge is 2.44. The largest absolute Gasteiger partial charge is 0.477 e. The predicted molar refractivity (Wildman–Crippen MR) is 92.7 cm³/mol. The Balaban J connectivity index is 2.27.